The number of ether oxygens (including phenoxy) is 1. The van der Waals surface area contributed by atoms with Gasteiger partial charge in [-0.3, -0.25) is 9.59 Å². The van der Waals surface area contributed by atoms with Crippen molar-refractivity contribution >= 4 is 46.6 Å². The van der Waals surface area contributed by atoms with E-state index in [0.717, 1.165) is 23.1 Å². The summed E-state index contributed by atoms with van der Waals surface area (Å²) in [7, 11) is 0. The van der Waals surface area contributed by atoms with Crippen molar-refractivity contribution in [2.24, 2.45) is 0 Å². The molecule has 0 aromatic heterocycles. The maximum absolute atomic E-state index is 13.2. The van der Waals surface area contributed by atoms with E-state index in [0.29, 0.717) is 33.8 Å². The Morgan fingerprint density at radius 2 is 1.69 bits per heavy atom. The first-order valence-corrected chi connectivity index (χ1v) is 11.7. The Kier molecular flexibility index (Phi) is 10.1. The predicted octanol–water partition coefficient (Wildman–Crippen LogP) is 5.98. The topological polar surface area (TPSA) is 58.6 Å². The van der Waals surface area contributed by atoms with Gasteiger partial charge in [0, 0.05) is 18.1 Å². The number of aryl methyl sites for hydroxylation is 2. The Morgan fingerprint density at radius 3 is 2.25 bits per heavy atom. The number of halogens is 3. The van der Waals surface area contributed by atoms with Crippen molar-refractivity contribution in [1.29, 1.82) is 0 Å². The van der Waals surface area contributed by atoms with E-state index in [1.54, 1.807) is 30.3 Å². The third kappa shape index (κ3) is 7.03. The molecule has 1 atom stereocenters. The second kappa shape index (κ2) is 12.3. The van der Waals surface area contributed by atoms with Crippen LogP contribution in [-0.4, -0.2) is 35.9 Å². The molecule has 0 aliphatic rings. The smallest absolute Gasteiger partial charge is 0.261 e. The van der Waals surface area contributed by atoms with Gasteiger partial charge in [-0.15, -0.1) is 0 Å². The maximum atomic E-state index is 13.2. The lowest BCUT2D eigenvalue weighted by Gasteiger charge is -2.30. The average molecular weight is 500 g/mol. The van der Waals surface area contributed by atoms with Gasteiger partial charge in [-0.2, -0.15) is 0 Å². The van der Waals surface area contributed by atoms with Crippen molar-refractivity contribution in [3.05, 3.63) is 62.1 Å². The van der Waals surface area contributed by atoms with E-state index >= 15 is 0 Å². The molecule has 0 radical (unpaired) electrons. The Balaban J connectivity index is 2.25. The van der Waals surface area contributed by atoms with Crippen LogP contribution in [0.25, 0.3) is 0 Å². The van der Waals surface area contributed by atoms with Crippen molar-refractivity contribution in [1.82, 2.24) is 10.2 Å². The van der Waals surface area contributed by atoms with Gasteiger partial charge in [0.05, 0.1) is 10.0 Å². The van der Waals surface area contributed by atoms with E-state index in [1.807, 2.05) is 27.7 Å². The molecular formula is C24H29Cl3N2O3. The van der Waals surface area contributed by atoms with Gasteiger partial charge >= 0.3 is 0 Å². The lowest BCUT2D eigenvalue weighted by molar-refractivity contribution is -0.143. The van der Waals surface area contributed by atoms with Gasteiger partial charge in [0.15, 0.2) is 6.61 Å². The lowest BCUT2D eigenvalue weighted by Crippen LogP contribution is -2.50. The Labute approximate surface area is 205 Å². The summed E-state index contributed by atoms with van der Waals surface area (Å²) in [5.74, 6) is 0.0523. The molecule has 0 aliphatic carbocycles. The Hall–Kier alpha value is -1.95. The highest BCUT2D eigenvalue weighted by atomic mass is 35.5. The van der Waals surface area contributed by atoms with E-state index in [2.05, 4.69) is 5.32 Å². The van der Waals surface area contributed by atoms with Crippen molar-refractivity contribution < 1.29 is 14.3 Å². The number of nitrogens with one attached hydrogen (secondary N) is 1. The molecule has 0 bridgehead atoms. The van der Waals surface area contributed by atoms with Crippen LogP contribution in [0.2, 0.25) is 15.1 Å². The van der Waals surface area contributed by atoms with Gasteiger partial charge in [0.1, 0.15) is 11.8 Å². The number of amides is 2. The molecule has 1 N–H and O–H groups in total. The Morgan fingerprint density at radius 1 is 1.03 bits per heavy atom. The van der Waals surface area contributed by atoms with E-state index in [9.17, 15) is 9.59 Å². The standard InChI is InChI=1S/C24H29Cl3N2O3/c1-5-9-28-24(31)21(6-2)29(13-17-7-8-19(25)20(26)12-17)22(30)14-32-18-10-15(3)23(27)16(4)11-18/h7-8,10-12,21H,5-6,9,13-14H2,1-4H3,(H,28,31)/t21-/m0/s1. The largest absolute Gasteiger partial charge is 0.484 e. The Bertz CT molecular complexity index is 942. The molecule has 2 amide bonds. The molecule has 0 unspecified atom stereocenters. The second-order valence-corrected chi connectivity index (χ2v) is 8.84. The number of carbonyl (C=O) groups excluding carboxylic acids is 2. The quantitative estimate of drug-likeness (QED) is 0.438. The lowest BCUT2D eigenvalue weighted by atomic mass is 10.1. The normalized spacial score (nSPS) is 11.7. The molecule has 32 heavy (non-hydrogen) atoms. The minimum absolute atomic E-state index is 0.194. The molecule has 0 spiro atoms. The fourth-order valence-corrected chi connectivity index (χ4v) is 3.77. The van der Waals surface area contributed by atoms with Crippen LogP contribution in [0.15, 0.2) is 30.3 Å². The zero-order valence-corrected chi connectivity index (χ0v) is 21.1. The van der Waals surface area contributed by atoms with E-state index in [-0.39, 0.29) is 25.0 Å². The van der Waals surface area contributed by atoms with Crippen molar-refractivity contribution in [3.63, 3.8) is 0 Å². The molecular weight excluding hydrogens is 471 g/mol. The van der Waals surface area contributed by atoms with Gasteiger partial charge in [0.2, 0.25) is 5.91 Å². The van der Waals surface area contributed by atoms with Gasteiger partial charge in [0.25, 0.3) is 5.91 Å². The zero-order valence-electron chi connectivity index (χ0n) is 18.8. The van der Waals surface area contributed by atoms with E-state index in [4.69, 9.17) is 39.5 Å². The molecule has 5 nitrogen and oxygen atoms in total. The van der Waals surface area contributed by atoms with Crippen molar-refractivity contribution in [2.75, 3.05) is 13.2 Å². The molecule has 0 saturated carbocycles. The maximum Gasteiger partial charge on any atom is 0.261 e. The summed E-state index contributed by atoms with van der Waals surface area (Å²) in [6.45, 7) is 8.15. The number of rotatable bonds is 10. The zero-order chi connectivity index (χ0) is 23.8. The first-order chi connectivity index (χ1) is 15.2. The third-order valence-corrected chi connectivity index (χ3v) is 6.38. The number of benzene rings is 2. The van der Waals surface area contributed by atoms with Gasteiger partial charge in [-0.25, -0.2) is 0 Å². The third-order valence-electron chi connectivity index (χ3n) is 5.04. The van der Waals surface area contributed by atoms with Crippen LogP contribution in [0, 0.1) is 13.8 Å². The fraction of sp³-hybridized carbons (Fsp3) is 0.417. The number of hydrogen-bond acceptors (Lipinski definition) is 3. The van der Waals surface area contributed by atoms with Crippen LogP contribution in [-0.2, 0) is 16.1 Å². The highest BCUT2D eigenvalue weighted by Crippen LogP contribution is 2.27. The van der Waals surface area contributed by atoms with E-state index < -0.39 is 6.04 Å². The SMILES string of the molecule is CCCNC(=O)[C@H](CC)N(Cc1ccc(Cl)c(Cl)c1)C(=O)COc1cc(C)c(Cl)c(C)c1. The predicted molar refractivity (Wildman–Crippen MR) is 131 cm³/mol. The van der Waals surface area contributed by atoms with Crippen molar-refractivity contribution in [3.8, 4) is 5.75 Å². The summed E-state index contributed by atoms with van der Waals surface area (Å²) in [6.07, 6.45) is 1.27. The summed E-state index contributed by atoms with van der Waals surface area (Å²) in [5, 5.41) is 4.38. The van der Waals surface area contributed by atoms with Gasteiger partial charge < -0.3 is 15.0 Å². The molecule has 0 fully saturated rings. The van der Waals surface area contributed by atoms with Crippen LogP contribution in [0.1, 0.15) is 43.4 Å². The summed E-state index contributed by atoms with van der Waals surface area (Å²) in [6, 6.07) is 8.11. The summed E-state index contributed by atoms with van der Waals surface area (Å²) >= 11 is 18.4. The first kappa shape index (κ1) is 26.3. The molecule has 0 heterocycles. The van der Waals surface area contributed by atoms with Crippen molar-refractivity contribution in [2.45, 2.75) is 53.1 Å². The van der Waals surface area contributed by atoms with Crippen LogP contribution in [0.5, 0.6) is 5.75 Å². The van der Waals surface area contributed by atoms with Crippen LogP contribution < -0.4 is 10.1 Å². The highest BCUT2D eigenvalue weighted by Gasteiger charge is 2.29. The molecule has 2 rings (SSSR count). The molecule has 0 aliphatic heterocycles. The van der Waals surface area contributed by atoms with Crippen LogP contribution >= 0.6 is 34.8 Å². The number of carbonyl (C=O) groups is 2. The number of nitrogens with zero attached hydrogens (tertiary/aromatic N) is 1. The molecule has 174 valence electrons. The summed E-state index contributed by atoms with van der Waals surface area (Å²) in [5.41, 5.74) is 2.51. The van der Waals surface area contributed by atoms with Gasteiger partial charge in [-0.05, 0) is 67.6 Å². The minimum atomic E-state index is -0.638. The molecule has 2 aromatic carbocycles. The highest BCUT2D eigenvalue weighted by molar-refractivity contribution is 6.42. The van der Waals surface area contributed by atoms with Crippen LogP contribution in [0.3, 0.4) is 0 Å². The second-order valence-electron chi connectivity index (χ2n) is 7.64. The average Bonchev–Trinajstić information content (AvgIpc) is 2.76. The fourth-order valence-electron chi connectivity index (χ4n) is 3.34. The summed E-state index contributed by atoms with van der Waals surface area (Å²) < 4.78 is 5.77. The first-order valence-electron chi connectivity index (χ1n) is 10.6. The monoisotopic (exact) mass is 498 g/mol. The minimum Gasteiger partial charge on any atom is -0.484 e. The van der Waals surface area contributed by atoms with E-state index in [1.165, 1.54) is 4.90 Å². The molecule has 0 saturated heterocycles. The molecule has 8 heteroatoms. The molecule has 2 aromatic rings. The van der Waals surface area contributed by atoms with Crippen LogP contribution in [0.4, 0.5) is 0 Å². The van der Waals surface area contributed by atoms with Gasteiger partial charge in [-0.1, -0.05) is 54.7 Å². The number of hydrogen-bond donors (Lipinski definition) is 1. The summed E-state index contributed by atoms with van der Waals surface area (Å²) in [4.78, 5) is 27.5.